The van der Waals surface area contributed by atoms with Crippen molar-refractivity contribution in [3.05, 3.63) is 17.5 Å². The van der Waals surface area contributed by atoms with E-state index in [1.807, 2.05) is 20.8 Å². The minimum atomic E-state index is -0.945. The fourth-order valence-corrected chi connectivity index (χ4v) is 2.47. The van der Waals surface area contributed by atoms with Crippen LogP contribution in [0.25, 0.3) is 0 Å². The normalized spacial score (nSPS) is 23.5. The number of carboxylic acid groups (broad SMARTS) is 1. The third kappa shape index (κ3) is 3.92. The van der Waals surface area contributed by atoms with Crippen LogP contribution in [0.4, 0.5) is 0 Å². The second-order valence-electron chi connectivity index (χ2n) is 6.61. The van der Waals surface area contributed by atoms with Crippen molar-refractivity contribution in [3.63, 3.8) is 0 Å². The summed E-state index contributed by atoms with van der Waals surface area (Å²) in [4.78, 5) is 23.8. The minimum absolute atomic E-state index is 0.178. The van der Waals surface area contributed by atoms with E-state index >= 15 is 0 Å². The number of ketones is 1. The van der Waals surface area contributed by atoms with Gasteiger partial charge in [0, 0.05) is 18.5 Å². The highest BCUT2D eigenvalue weighted by atomic mass is 16.5. The summed E-state index contributed by atoms with van der Waals surface area (Å²) in [5, 5.41) is 15.7. The van der Waals surface area contributed by atoms with Crippen LogP contribution in [0.15, 0.2) is 10.6 Å². The number of rotatable bonds is 5. The number of Topliss-reactive ketones (excluding diaryl/α,β-unsaturated/α-hetero) is 1. The number of hydrogen-bond donors (Lipinski definition) is 2. The number of nitrogens with zero attached hydrogens (tertiary/aromatic N) is 1. The van der Waals surface area contributed by atoms with Crippen LogP contribution < -0.4 is 5.32 Å². The minimum Gasteiger partial charge on any atom is -0.480 e. The molecule has 1 aliphatic rings. The predicted molar refractivity (Wildman–Crippen MR) is 77.4 cm³/mol. The molecule has 1 fully saturated rings. The van der Waals surface area contributed by atoms with E-state index in [1.54, 1.807) is 13.0 Å². The SMILES string of the molecule is Cc1cc(C(OC(C)(C)C)C(=O)C2CNC(C(=O)O)C2)on1. The van der Waals surface area contributed by atoms with Crippen LogP contribution in [0.3, 0.4) is 0 Å². The Morgan fingerprint density at radius 1 is 1.50 bits per heavy atom. The maximum absolute atomic E-state index is 12.8. The Morgan fingerprint density at radius 3 is 2.64 bits per heavy atom. The number of carbonyl (C=O) groups is 2. The van der Waals surface area contributed by atoms with Crippen molar-refractivity contribution in [3.8, 4) is 0 Å². The third-order valence-corrected chi connectivity index (χ3v) is 3.47. The molecule has 0 spiro atoms. The van der Waals surface area contributed by atoms with Gasteiger partial charge in [-0.15, -0.1) is 0 Å². The molecule has 0 aliphatic carbocycles. The molecule has 0 bridgehead atoms. The van der Waals surface area contributed by atoms with Crippen LogP contribution in [-0.2, 0) is 14.3 Å². The molecule has 0 radical (unpaired) electrons. The summed E-state index contributed by atoms with van der Waals surface area (Å²) in [6.45, 7) is 7.65. The largest absolute Gasteiger partial charge is 0.480 e. The average Bonchev–Trinajstić information content (AvgIpc) is 3.02. The van der Waals surface area contributed by atoms with E-state index in [0.29, 0.717) is 18.0 Å². The molecule has 1 aromatic rings. The Morgan fingerprint density at radius 2 is 2.18 bits per heavy atom. The van der Waals surface area contributed by atoms with E-state index in [0.717, 1.165) is 0 Å². The van der Waals surface area contributed by atoms with Crippen molar-refractivity contribution in [1.29, 1.82) is 0 Å². The molecule has 22 heavy (non-hydrogen) atoms. The molecule has 1 aromatic heterocycles. The first kappa shape index (κ1) is 16.6. The summed E-state index contributed by atoms with van der Waals surface area (Å²) in [6, 6.07) is 0.978. The zero-order chi connectivity index (χ0) is 16.5. The van der Waals surface area contributed by atoms with Crippen molar-refractivity contribution < 1.29 is 24.0 Å². The van der Waals surface area contributed by atoms with E-state index in [4.69, 9.17) is 14.4 Å². The monoisotopic (exact) mass is 310 g/mol. The van der Waals surface area contributed by atoms with Crippen LogP contribution in [0.5, 0.6) is 0 Å². The summed E-state index contributed by atoms with van der Waals surface area (Å²) in [6.07, 6.45) is -0.619. The van der Waals surface area contributed by atoms with Gasteiger partial charge in [0.2, 0.25) is 0 Å². The molecular weight excluding hydrogens is 288 g/mol. The van der Waals surface area contributed by atoms with Crippen LogP contribution in [0.2, 0.25) is 0 Å². The zero-order valence-corrected chi connectivity index (χ0v) is 13.3. The quantitative estimate of drug-likeness (QED) is 0.849. The van der Waals surface area contributed by atoms with Crippen LogP contribution in [-0.4, -0.2) is 40.2 Å². The highest BCUT2D eigenvalue weighted by Gasteiger charge is 2.40. The molecule has 3 atom stereocenters. The van der Waals surface area contributed by atoms with Gasteiger partial charge < -0.3 is 19.7 Å². The highest BCUT2D eigenvalue weighted by molar-refractivity contribution is 5.88. The first-order chi connectivity index (χ1) is 10.2. The number of aromatic nitrogens is 1. The van der Waals surface area contributed by atoms with Crippen LogP contribution in [0.1, 0.15) is 44.8 Å². The van der Waals surface area contributed by atoms with Crippen molar-refractivity contribution >= 4 is 11.8 Å². The Bertz CT molecular complexity index is 561. The van der Waals surface area contributed by atoms with E-state index in [-0.39, 0.29) is 12.2 Å². The van der Waals surface area contributed by atoms with Crippen LogP contribution >= 0.6 is 0 Å². The molecule has 1 saturated heterocycles. The smallest absolute Gasteiger partial charge is 0.320 e. The van der Waals surface area contributed by atoms with E-state index in [2.05, 4.69) is 10.5 Å². The fourth-order valence-electron chi connectivity index (χ4n) is 2.47. The molecular formula is C15H22N2O5. The van der Waals surface area contributed by atoms with Gasteiger partial charge >= 0.3 is 5.97 Å². The summed E-state index contributed by atoms with van der Waals surface area (Å²) in [7, 11) is 0. The molecule has 3 unspecified atom stereocenters. The second kappa shape index (κ2) is 6.18. The van der Waals surface area contributed by atoms with Crippen molar-refractivity contribution in [2.24, 2.45) is 5.92 Å². The highest BCUT2D eigenvalue weighted by Crippen LogP contribution is 2.30. The van der Waals surface area contributed by atoms with Gasteiger partial charge in [-0.25, -0.2) is 0 Å². The summed E-state index contributed by atoms with van der Waals surface area (Å²) in [5.74, 6) is -1.18. The standard InChI is InChI=1S/C15H22N2O5/c1-8-5-11(22-17-8)13(21-15(2,3)4)12(18)9-6-10(14(19)20)16-7-9/h5,9-10,13,16H,6-7H2,1-4H3,(H,19,20). The first-order valence-corrected chi connectivity index (χ1v) is 7.28. The molecule has 0 amide bonds. The van der Waals surface area contributed by atoms with Gasteiger partial charge in [-0.2, -0.15) is 0 Å². The Hall–Kier alpha value is -1.73. The number of aliphatic carboxylic acids is 1. The topological polar surface area (TPSA) is 102 Å². The first-order valence-electron chi connectivity index (χ1n) is 7.28. The molecule has 2 N–H and O–H groups in total. The lowest BCUT2D eigenvalue weighted by Gasteiger charge is -2.26. The summed E-state index contributed by atoms with van der Waals surface area (Å²) >= 11 is 0. The zero-order valence-electron chi connectivity index (χ0n) is 13.3. The van der Waals surface area contributed by atoms with Crippen LogP contribution in [0, 0.1) is 12.8 Å². The molecule has 1 aliphatic heterocycles. The van der Waals surface area contributed by atoms with E-state index in [9.17, 15) is 9.59 Å². The molecule has 7 heteroatoms. The summed E-state index contributed by atoms with van der Waals surface area (Å²) < 4.78 is 11.0. The third-order valence-electron chi connectivity index (χ3n) is 3.47. The predicted octanol–water partition coefficient (Wildman–Crippen LogP) is 1.47. The molecule has 0 saturated carbocycles. The number of nitrogens with one attached hydrogen (secondary N) is 1. The number of hydrogen-bond acceptors (Lipinski definition) is 6. The van der Waals surface area contributed by atoms with Gasteiger partial charge in [-0.05, 0) is 34.1 Å². The lowest BCUT2D eigenvalue weighted by atomic mass is 9.95. The van der Waals surface area contributed by atoms with Gasteiger partial charge in [0.15, 0.2) is 17.6 Å². The Kier molecular flexibility index (Phi) is 4.67. The lowest BCUT2D eigenvalue weighted by Crippen LogP contribution is -2.31. The Balaban J connectivity index is 2.18. The second-order valence-corrected chi connectivity index (χ2v) is 6.61. The number of ether oxygens (including phenoxy) is 1. The van der Waals surface area contributed by atoms with Crippen molar-refractivity contribution in [2.75, 3.05) is 6.54 Å². The fraction of sp³-hybridized carbons (Fsp3) is 0.667. The van der Waals surface area contributed by atoms with Crippen molar-refractivity contribution in [1.82, 2.24) is 10.5 Å². The average molecular weight is 310 g/mol. The Labute approximate surface area is 129 Å². The maximum atomic E-state index is 12.8. The molecule has 2 rings (SSSR count). The summed E-state index contributed by atoms with van der Waals surface area (Å²) in [5.41, 5.74) is 0.123. The van der Waals surface area contributed by atoms with Gasteiger partial charge in [0.25, 0.3) is 0 Å². The van der Waals surface area contributed by atoms with Gasteiger partial charge in [-0.1, -0.05) is 5.16 Å². The van der Waals surface area contributed by atoms with E-state index in [1.165, 1.54) is 0 Å². The van der Waals surface area contributed by atoms with E-state index < -0.39 is 29.6 Å². The number of carbonyl (C=O) groups excluding carboxylic acids is 1. The number of aryl methyl sites for hydroxylation is 1. The molecule has 122 valence electrons. The van der Waals surface area contributed by atoms with Gasteiger partial charge in [0.1, 0.15) is 6.04 Å². The molecule has 7 nitrogen and oxygen atoms in total. The maximum Gasteiger partial charge on any atom is 0.320 e. The molecule has 2 heterocycles. The lowest BCUT2D eigenvalue weighted by molar-refractivity contribution is -0.147. The van der Waals surface area contributed by atoms with Gasteiger partial charge in [-0.3, -0.25) is 9.59 Å². The van der Waals surface area contributed by atoms with Gasteiger partial charge in [0.05, 0.1) is 11.3 Å². The molecule has 0 aromatic carbocycles. The van der Waals surface area contributed by atoms with Crippen molar-refractivity contribution in [2.45, 2.75) is 51.9 Å². The number of carboxylic acids is 1.